The van der Waals surface area contributed by atoms with Gasteiger partial charge in [0.15, 0.2) is 0 Å². The Bertz CT molecular complexity index is 299. The van der Waals surface area contributed by atoms with Gasteiger partial charge in [0.25, 0.3) is 0 Å². The highest BCUT2D eigenvalue weighted by atomic mass is 16.2. The number of nitrogens with zero attached hydrogens (tertiary/aromatic N) is 2. The molecule has 0 aromatic carbocycles. The number of likely N-dealkylation sites (N-methyl/N-ethyl adjacent to an activating group) is 1. The Morgan fingerprint density at radius 3 is 2.83 bits per heavy atom. The lowest BCUT2D eigenvalue weighted by Crippen LogP contribution is -2.45. The van der Waals surface area contributed by atoms with E-state index in [9.17, 15) is 9.59 Å². The summed E-state index contributed by atoms with van der Waals surface area (Å²) in [7, 11) is 2.04. The van der Waals surface area contributed by atoms with E-state index in [1.165, 1.54) is 24.2 Å². The molecule has 2 aliphatic rings. The lowest BCUT2D eigenvalue weighted by molar-refractivity contribution is -0.125. The van der Waals surface area contributed by atoms with Gasteiger partial charge in [-0.1, -0.05) is 6.42 Å². The van der Waals surface area contributed by atoms with Gasteiger partial charge in [0, 0.05) is 25.7 Å². The Balaban J connectivity index is 1.69. The molecule has 2 heterocycles. The largest absolute Gasteiger partial charge is 0.329 e. The molecule has 1 unspecified atom stereocenters. The van der Waals surface area contributed by atoms with E-state index in [0.717, 1.165) is 19.6 Å². The third kappa shape index (κ3) is 3.43. The van der Waals surface area contributed by atoms with Crippen molar-refractivity contribution < 1.29 is 9.59 Å². The van der Waals surface area contributed by atoms with Crippen LogP contribution >= 0.6 is 0 Å². The molecule has 0 aromatic rings. The first kappa shape index (κ1) is 13.3. The molecule has 2 fully saturated rings. The van der Waals surface area contributed by atoms with Crippen LogP contribution < -0.4 is 10.6 Å². The van der Waals surface area contributed by atoms with Crippen LogP contribution in [0, 0.1) is 0 Å². The highest BCUT2D eigenvalue weighted by Crippen LogP contribution is 2.08. The summed E-state index contributed by atoms with van der Waals surface area (Å²) in [6.45, 7) is 3.44. The average Bonchev–Trinajstić information content (AvgIpc) is 2.68. The van der Waals surface area contributed by atoms with Crippen molar-refractivity contribution in [2.45, 2.75) is 25.3 Å². The molecule has 3 amide bonds. The number of hydrogen-bond acceptors (Lipinski definition) is 4. The molecule has 0 bridgehead atoms. The molecule has 102 valence electrons. The summed E-state index contributed by atoms with van der Waals surface area (Å²) in [5.74, 6) is -0.121. The van der Waals surface area contributed by atoms with Crippen LogP contribution in [0.1, 0.15) is 19.3 Å². The first-order valence-corrected chi connectivity index (χ1v) is 6.67. The molecule has 2 saturated heterocycles. The Labute approximate surface area is 108 Å². The molecule has 0 saturated carbocycles. The quantitative estimate of drug-likeness (QED) is 0.656. The number of carbonyl (C=O) groups is 2. The minimum atomic E-state index is -0.260. The highest BCUT2D eigenvalue weighted by Gasteiger charge is 2.28. The summed E-state index contributed by atoms with van der Waals surface area (Å²) in [6.07, 6.45) is 3.77. The van der Waals surface area contributed by atoms with Crippen LogP contribution in [-0.4, -0.2) is 67.6 Å². The Morgan fingerprint density at radius 1 is 1.39 bits per heavy atom. The highest BCUT2D eigenvalue weighted by molar-refractivity contribution is 6.01. The number of rotatable bonds is 5. The zero-order chi connectivity index (χ0) is 13.0. The Hall–Kier alpha value is -1.14. The summed E-state index contributed by atoms with van der Waals surface area (Å²) in [4.78, 5) is 26.2. The van der Waals surface area contributed by atoms with Crippen molar-refractivity contribution >= 4 is 11.9 Å². The molecule has 0 aliphatic carbocycles. The summed E-state index contributed by atoms with van der Waals surface area (Å²) in [6, 6.07) is 0.288. The minimum Gasteiger partial charge on any atom is -0.329 e. The molecular formula is C12H22N4O2. The van der Waals surface area contributed by atoms with Gasteiger partial charge in [-0.3, -0.25) is 9.69 Å². The topological polar surface area (TPSA) is 64.7 Å². The van der Waals surface area contributed by atoms with Crippen molar-refractivity contribution in [1.29, 1.82) is 0 Å². The zero-order valence-corrected chi connectivity index (χ0v) is 10.9. The van der Waals surface area contributed by atoms with Crippen molar-refractivity contribution in [3.8, 4) is 0 Å². The number of imide groups is 1. The van der Waals surface area contributed by atoms with Crippen LogP contribution in [0.3, 0.4) is 0 Å². The molecular weight excluding hydrogens is 232 g/mol. The van der Waals surface area contributed by atoms with Gasteiger partial charge >= 0.3 is 6.03 Å². The van der Waals surface area contributed by atoms with Crippen LogP contribution in [0.15, 0.2) is 0 Å². The maximum absolute atomic E-state index is 11.4. The normalized spacial score (nSPS) is 24.8. The molecule has 0 aromatic heterocycles. The fraction of sp³-hybridized carbons (Fsp3) is 0.833. The van der Waals surface area contributed by atoms with Gasteiger partial charge in [-0.25, -0.2) is 4.79 Å². The predicted octanol–water partition coefficient (Wildman–Crippen LogP) is -0.388. The van der Waals surface area contributed by atoms with Crippen molar-refractivity contribution in [2.75, 3.05) is 39.8 Å². The fourth-order valence-corrected chi connectivity index (χ4v) is 2.50. The fourth-order valence-electron chi connectivity index (χ4n) is 2.50. The van der Waals surface area contributed by atoms with E-state index >= 15 is 0 Å². The molecule has 0 spiro atoms. The third-order valence-corrected chi connectivity index (χ3v) is 3.59. The lowest BCUT2D eigenvalue weighted by Gasteiger charge is -2.28. The van der Waals surface area contributed by atoms with E-state index in [0.29, 0.717) is 12.6 Å². The summed E-state index contributed by atoms with van der Waals surface area (Å²) >= 11 is 0. The molecule has 0 radical (unpaired) electrons. The van der Waals surface area contributed by atoms with E-state index in [1.807, 2.05) is 7.05 Å². The smallest absolute Gasteiger partial charge is 0.324 e. The van der Waals surface area contributed by atoms with Crippen LogP contribution in [0.5, 0.6) is 0 Å². The van der Waals surface area contributed by atoms with Crippen molar-refractivity contribution in [3.05, 3.63) is 0 Å². The Morgan fingerprint density at radius 2 is 2.22 bits per heavy atom. The lowest BCUT2D eigenvalue weighted by atomic mass is 10.0. The van der Waals surface area contributed by atoms with Gasteiger partial charge in [-0.15, -0.1) is 0 Å². The summed E-state index contributed by atoms with van der Waals surface area (Å²) < 4.78 is 0. The van der Waals surface area contributed by atoms with Crippen LogP contribution in [0.2, 0.25) is 0 Å². The van der Waals surface area contributed by atoms with Crippen molar-refractivity contribution in [3.63, 3.8) is 0 Å². The van der Waals surface area contributed by atoms with Gasteiger partial charge in [0.2, 0.25) is 5.91 Å². The number of piperidine rings is 1. The number of carbonyl (C=O) groups excluding carboxylic acids is 2. The summed E-state index contributed by atoms with van der Waals surface area (Å²) in [5, 5.41) is 6.03. The number of hydrogen-bond donors (Lipinski definition) is 2. The van der Waals surface area contributed by atoms with Crippen LogP contribution in [0.4, 0.5) is 4.79 Å². The first-order chi connectivity index (χ1) is 8.66. The second-order valence-corrected chi connectivity index (χ2v) is 5.11. The average molecular weight is 254 g/mol. The second-order valence-electron chi connectivity index (χ2n) is 5.11. The van der Waals surface area contributed by atoms with E-state index in [2.05, 4.69) is 15.5 Å². The van der Waals surface area contributed by atoms with Crippen LogP contribution in [0.25, 0.3) is 0 Å². The minimum absolute atomic E-state index is 0.121. The van der Waals surface area contributed by atoms with Gasteiger partial charge in [-0.2, -0.15) is 0 Å². The monoisotopic (exact) mass is 254 g/mol. The molecule has 18 heavy (non-hydrogen) atoms. The Kier molecular flexibility index (Phi) is 4.54. The van der Waals surface area contributed by atoms with Crippen molar-refractivity contribution in [1.82, 2.24) is 20.4 Å². The third-order valence-electron chi connectivity index (χ3n) is 3.59. The van der Waals surface area contributed by atoms with Crippen LogP contribution in [-0.2, 0) is 4.79 Å². The molecule has 6 heteroatoms. The van der Waals surface area contributed by atoms with Gasteiger partial charge in [0.1, 0.15) is 0 Å². The molecule has 2 rings (SSSR count). The molecule has 2 aliphatic heterocycles. The summed E-state index contributed by atoms with van der Waals surface area (Å²) in [5.41, 5.74) is 0. The number of amides is 3. The van der Waals surface area contributed by atoms with E-state index in [-0.39, 0.29) is 18.5 Å². The predicted molar refractivity (Wildman–Crippen MR) is 68.3 cm³/mol. The molecule has 2 N–H and O–H groups in total. The molecule has 1 atom stereocenters. The second kappa shape index (κ2) is 6.15. The maximum Gasteiger partial charge on any atom is 0.324 e. The maximum atomic E-state index is 11.4. The number of urea groups is 1. The standard InChI is InChI=1S/C12H22N4O2/c1-15(9-10-4-2-3-5-13-10)6-7-16-11(17)8-14-12(16)18/h10,13H,2-9H2,1H3,(H,14,18). The van der Waals surface area contributed by atoms with E-state index in [1.54, 1.807) is 0 Å². The molecule has 6 nitrogen and oxygen atoms in total. The van der Waals surface area contributed by atoms with E-state index < -0.39 is 0 Å². The first-order valence-electron chi connectivity index (χ1n) is 6.67. The zero-order valence-electron chi connectivity index (χ0n) is 10.9. The van der Waals surface area contributed by atoms with Crippen molar-refractivity contribution in [2.24, 2.45) is 0 Å². The SMILES string of the molecule is CN(CCN1C(=O)CNC1=O)CC1CCCCN1. The number of nitrogens with one attached hydrogen (secondary N) is 2. The van der Waals surface area contributed by atoms with Gasteiger partial charge < -0.3 is 15.5 Å². The van der Waals surface area contributed by atoms with Gasteiger partial charge in [0.05, 0.1) is 6.54 Å². The van der Waals surface area contributed by atoms with Gasteiger partial charge in [-0.05, 0) is 26.4 Å². The van der Waals surface area contributed by atoms with E-state index in [4.69, 9.17) is 0 Å².